The zero-order chi connectivity index (χ0) is 19.1. The van der Waals surface area contributed by atoms with Gasteiger partial charge in [-0.2, -0.15) is 0 Å². The molecule has 0 atom stereocenters. The van der Waals surface area contributed by atoms with Gasteiger partial charge in [-0.25, -0.2) is 0 Å². The van der Waals surface area contributed by atoms with Gasteiger partial charge in [0.25, 0.3) is 0 Å². The summed E-state index contributed by atoms with van der Waals surface area (Å²) in [5.74, 6) is 0.187. The third kappa shape index (κ3) is 21.2. The van der Waals surface area contributed by atoms with Crippen LogP contribution in [0.25, 0.3) is 0 Å². The number of rotatable bonds is 20. The first-order chi connectivity index (χ1) is 12.8. The van der Waals surface area contributed by atoms with Gasteiger partial charge in [-0.15, -0.1) is 0 Å². The molecule has 0 aliphatic rings. The molecule has 0 radical (unpaired) electrons. The van der Waals surface area contributed by atoms with Crippen LogP contribution in [0.1, 0.15) is 116 Å². The smallest absolute Gasteiger partial charge is 0.219 e. The lowest BCUT2D eigenvalue weighted by Crippen LogP contribution is -2.23. The van der Waals surface area contributed by atoms with Crippen LogP contribution in [0, 0.1) is 0 Å². The number of amides is 1. The highest BCUT2D eigenvalue weighted by Crippen LogP contribution is 2.10. The fraction of sp³-hybridized carbons (Fsp3) is 0.870. The van der Waals surface area contributed by atoms with Crippen molar-refractivity contribution in [1.82, 2.24) is 5.32 Å². The van der Waals surface area contributed by atoms with Gasteiger partial charge in [-0.1, -0.05) is 70.4 Å². The van der Waals surface area contributed by atoms with Crippen molar-refractivity contribution in [2.24, 2.45) is 0 Å². The fourth-order valence-electron chi connectivity index (χ4n) is 3.09. The number of nitrogens with one attached hydrogen (secondary N) is 1. The van der Waals surface area contributed by atoms with E-state index in [2.05, 4.69) is 24.4 Å². The highest BCUT2D eigenvalue weighted by Gasteiger charge is 2.00. The van der Waals surface area contributed by atoms with Gasteiger partial charge in [0.2, 0.25) is 5.91 Å². The maximum absolute atomic E-state index is 11.6. The van der Waals surface area contributed by atoms with Gasteiger partial charge in [0.1, 0.15) is 0 Å². The van der Waals surface area contributed by atoms with Crippen LogP contribution >= 0.6 is 0 Å². The lowest BCUT2D eigenvalue weighted by molar-refractivity contribution is -0.121. The van der Waals surface area contributed by atoms with Crippen LogP contribution < -0.4 is 5.32 Å². The van der Waals surface area contributed by atoms with Crippen molar-refractivity contribution in [2.75, 3.05) is 13.2 Å². The Kier molecular flexibility index (Phi) is 21.5. The van der Waals surface area contributed by atoms with Gasteiger partial charge in [0, 0.05) is 19.6 Å². The molecule has 3 nitrogen and oxygen atoms in total. The first-order valence-electron chi connectivity index (χ1n) is 11.3. The molecule has 3 heteroatoms. The van der Waals surface area contributed by atoms with Crippen LogP contribution in [0.5, 0.6) is 0 Å². The number of aliphatic hydroxyl groups is 1. The lowest BCUT2D eigenvalue weighted by Gasteiger charge is -2.05. The molecule has 0 rings (SSSR count). The minimum atomic E-state index is 0.187. The van der Waals surface area contributed by atoms with Gasteiger partial charge >= 0.3 is 0 Å². The molecule has 0 spiro atoms. The Bertz CT molecular complexity index is 315. The van der Waals surface area contributed by atoms with E-state index >= 15 is 0 Å². The first-order valence-corrected chi connectivity index (χ1v) is 11.3. The molecule has 0 bridgehead atoms. The minimum Gasteiger partial charge on any atom is -0.396 e. The van der Waals surface area contributed by atoms with E-state index in [4.69, 9.17) is 5.11 Å². The zero-order valence-corrected chi connectivity index (χ0v) is 17.4. The second-order valence-corrected chi connectivity index (χ2v) is 7.47. The van der Waals surface area contributed by atoms with Crippen molar-refractivity contribution in [3.63, 3.8) is 0 Å². The van der Waals surface area contributed by atoms with Crippen molar-refractivity contribution >= 4 is 5.91 Å². The van der Waals surface area contributed by atoms with E-state index in [1.54, 1.807) is 0 Å². The van der Waals surface area contributed by atoms with Crippen LogP contribution in [-0.4, -0.2) is 24.2 Å². The molecule has 0 aromatic rings. The molecule has 154 valence electrons. The number of hydrogen-bond donors (Lipinski definition) is 2. The Balaban J connectivity index is 3.18. The summed E-state index contributed by atoms with van der Waals surface area (Å²) in [5, 5.41) is 11.6. The van der Waals surface area contributed by atoms with Gasteiger partial charge < -0.3 is 10.4 Å². The van der Waals surface area contributed by atoms with Crippen LogP contribution in [0.2, 0.25) is 0 Å². The number of aliphatic hydroxyl groups excluding tert-OH is 1. The molecule has 0 fully saturated rings. The van der Waals surface area contributed by atoms with E-state index in [-0.39, 0.29) is 12.5 Å². The van der Waals surface area contributed by atoms with E-state index in [0.29, 0.717) is 6.42 Å². The van der Waals surface area contributed by atoms with Crippen LogP contribution in [0.3, 0.4) is 0 Å². The highest BCUT2D eigenvalue weighted by atomic mass is 16.2. The number of unbranched alkanes of at least 4 members (excludes halogenated alkanes) is 13. The van der Waals surface area contributed by atoms with Crippen molar-refractivity contribution in [2.45, 2.75) is 116 Å². The zero-order valence-electron chi connectivity index (χ0n) is 17.4. The van der Waals surface area contributed by atoms with Gasteiger partial charge in [0.15, 0.2) is 0 Å². The third-order valence-corrected chi connectivity index (χ3v) is 4.82. The van der Waals surface area contributed by atoms with Crippen molar-refractivity contribution in [3.05, 3.63) is 12.2 Å². The summed E-state index contributed by atoms with van der Waals surface area (Å²) in [7, 11) is 0. The van der Waals surface area contributed by atoms with Crippen LogP contribution in [-0.2, 0) is 4.79 Å². The largest absolute Gasteiger partial charge is 0.396 e. The summed E-state index contributed by atoms with van der Waals surface area (Å²) in [6, 6.07) is 0. The molecule has 0 aliphatic heterocycles. The Labute approximate surface area is 163 Å². The quantitative estimate of drug-likeness (QED) is 0.196. The lowest BCUT2D eigenvalue weighted by atomic mass is 10.1. The Hall–Kier alpha value is -0.830. The van der Waals surface area contributed by atoms with Gasteiger partial charge in [-0.05, 0) is 51.4 Å². The summed E-state index contributed by atoms with van der Waals surface area (Å²) < 4.78 is 0. The average Bonchev–Trinajstić information content (AvgIpc) is 2.64. The SMILES string of the molecule is CCCCCCCCC=CCCCCCCCC(=O)NCCCCCO. The normalized spacial score (nSPS) is 11.3. The van der Waals surface area contributed by atoms with E-state index < -0.39 is 0 Å². The van der Waals surface area contributed by atoms with E-state index in [1.165, 1.54) is 77.0 Å². The topological polar surface area (TPSA) is 49.3 Å². The standard InChI is InChI=1S/C23H45NO2/c1-2-3-4-5-6-7-8-9-10-11-12-13-14-15-17-20-23(26)24-21-18-16-19-22-25/h9-10,25H,2-8,11-22H2,1H3,(H,24,26). The fourth-order valence-corrected chi connectivity index (χ4v) is 3.09. The summed E-state index contributed by atoms with van der Waals surface area (Å²) in [6.07, 6.45) is 24.9. The summed E-state index contributed by atoms with van der Waals surface area (Å²) in [4.78, 5) is 11.6. The third-order valence-electron chi connectivity index (χ3n) is 4.82. The summed E-state index contributed by atoms with van der Waals surface area (Å²) in [6.45, 7) is 3.27. The maximum Gasteiger partial charge on any atom is 0.219 e. The van der Waals surface area contributed by atoms with Crippen LogP contribution in [0.15, 0.2) is 12.2 Å². The molecule has 0 aromatic heterocycles. The Morgan fingerprint density at radius 2 is 1.27 bits per heavy atom. The first kappa shape index (κ1) is 25.2. The molecule has 0 saturated carbocycles. The molecule has 0 saturated heterocycles. The summed E-state index contributed by atoms with van der Waals surface area (Å²) in [5.41, 5.74) is 0. The molecule has 26 heavy (non-hydrogen) atoms. The number of carbonyl (C=O) groups excluding carboxylic acids is 1. The predicted molar refractivity (Wildman–Crippen MR) is 113 cm³/mol. The van der Waals surface area contributed by atoms with Gasteiger partial charge in [0.05, 0.1) is 0 Å². The van der Waals surface area contributed by atoms with E-state index in [9.17, 15) is 4.79 Å². The van der Waals surface area contributed by atoms with Crippen LogP contribution in [0.4, 0.5) is 0 Å². The maximum atomic E-state index is 11.6. The second kappa shape index (κ2) is 22.2. The monoisotopic (exact) mass is 367 g/mol. The molecule has 1 amide bonds. The molecular weight excluding hydrogens is 322 g/mol. The van der Waals surface area contributed by atoms with Crippen molar-refractivity contribution in [3.8, 4) is 0 Å². The second-order valence-electron chi connectivity index (χ2n) is 7.47. The van der Waals surface area contributed by atoms with Crippen molar-refractivity contribution < 1.29 is 9.90 Å². The molecule has 0 heterocycles. The minimum absolute atomic E-state index is 0.187. The number of hydrogen-bond acceptors (Lipinski definition) is 2. The molecule has 0 aliphatic carbocycles. The number of carbonyl (C=O) groups is 1. The molecule has 0 aromatic carbocycles. The van der Waals surface area contributed by atoms with Crippen molar-refractivity contribution in [1.29, 1.82) is 0 Å². The Morgan fingerprint density at radius 1 is 0.731 bits per heavy atom. The van der Waals surface area contributed by atoms with Gasteiger partial charge in [-0.3, -0.25) is 4.79 Å². The predicted octanol–water partition coefficient (Wildman–Crippen LogP) is 6.30. The average molecular weight is 368 g/mol. The highest BCUT2D eigenvalue weighted by molar-refractivity contribution is 5.75. The Morgan fingerprint density at radius 3 is 1.88 bits per heavy atom. The number of allylic oxidation sites excluding steroid dienone is 2. The molecular formula is C23H45NO2. The summed E-state index contributed by atoms with van der Waals surface area (Å²) >= 11 is 0. The molecule has 0 unspecified atom stereocenters. The molecule has 2 N–H and O–H groups in total. The van der Waals surface area contributed by atoms with E-state index in [1.807, 2.05) is 0 Å². The van der Waals surface area contributed by atoms with E-state index in [0.717, 1.165) is 32.2 Å².